The number of hydrogen-bond acceptors (Lipinski definition) is 3. The lowest BCUT2D eigenvalue weighted by Gasteiger charge is -1.86. The molecule has 0 amide bonds. The summed E-state index contributed by atoms with van der Waals surface area (Å²) in [5.41, 5.74) is 0. The van der Waals surface area contributed by atoms with Crippen LogP contribution >= 0.6 is 0 Å². The van der Waals surface area contributed by atoms with Crippen LogP contribution in [0.25, 0.3) is 0 Å². The highest BCUT2D eigenvalue weighted by atomic mass is 19.4. The van der Waals surface area contributed by atoms with Gasteiger partial charge in [-0.2, -0.15) is 0 Å². The third kappa shape index (κ3) is 680. The lowest BCUT2D eigenvalue weighted by Crippen LogP contribution is -2.01. The van der Waals surface area contributed by atoms with E-state index in [1.165, 1.54) is 0 Å². The van der Waals surface area contributed by atoms with Crippen molar-refractivity contribution < 1.29 is 51.6 Å². The van der Waals surface area contributed by atoms with Gasteiger partial charge in [-0.3, -0.25) is 0 Å². The Morgan fingerprint density at radius 3 is 0.786 bits per heavy atom. The fourth-order valence-corrected chi connectivity index (χ4v) is 0. The zero-order chi connectivity index (χ0) is 12.6. The molecule has 0 rings (SSSR count). The number of hydrogen-bond donors (Lipinski definition) is 4. The Balaban J connectivity index is -0.000000131. The first-order valence-electron chi connectivity index (χ1n) is 2.23. The molecule has 0 aromatic carbocycles. The molecule has 0 radical (unpaired) electrons. The van der Waals surface area contributed by atoms with Crippen LogP contribution in [0.3, 0.4) is 0 Å². The molecule has 0 aromatic rings. The largest absolute Gasteiger partial charge is 0.519 e. The Morgan fingerprint density at radius 2 is 0.786 bits per heavy atom. The van der Waals surface area contributed by atoms with E-state index in [1.807, 2.05) is 0 Å². The molecule has 0 bridgehead atoms. The van der Waals surface area contributed by atoms with Crippen molar-refractivity contribution in [3.05, 3.63) is 0 Å². The third-order valence-electron chi connectivity index (χ3n) is 0. The Kier molecular flexibility index (Phi) is 9.53. The van der Waals surface area contributed by atoms with Crippen molar-refractivity contribution in [2.24, 2.45) is 0 Å². The van der Waals surface area contributed by atoms with E-state index in [1.54, 1.807) is 0 Å². The maximum Gasteiger partial charge on any atom is 0.519 e. The van der Waals surface area contributed by atoms with Gasteiger partial charge in [0, 0.05) is 0 Å². The van der Waals surface area contributed by atoms with Crippen molar-refractivity contribution in [3.8, 4) is 0 Å². The molecule has 0 saturated heterocycles. The van der Waals surface area contributed by atoms with Crippen LogP contribution in [-0.2, 0) is 0 Å². The van der Waals surface area contributed by atoms with Gasteiger partial charge in [0.15, 0.2) is 0 Å². The van der Waals surface area contributed by atoms with Gasteiger partial charge < -0.3 is 20.4 Å². The zero-order valence-corrected chi connectivity index (χ0v) is 5.96. The molecular weight excluding hydrogens is 230 g/mol. The Morgan fingerprint density at radius 1 is 0.786 bits per heavy atom. The number of alkyl halides is 6. The number of carbonyl (C=O) groups is 1. The van der Waals surface area contributed by atoms with E-state index in [4.69, 9.17) is 25.2 Å². The summed E-state index contributed by atoms with van der Waals surface area (Å²) in [6.45, 7) is 0. The first-order valence-corrected chi connectivity index (χ1v) is 2.23. The van der Waals surface area contributed by atoms with Crippen LogP contribution < -0.4 is 0 Å². The molecule has 0 aromatic heterocycles. The molecule has 0 spiro atoms. The normalized spacial score (nSPS) is 10.3. The molecule has 0 aliphatic carbocycles. The second kappa shape index (κ2) is 7.20. The van der Waals surface area contributed by atoms with E-state index in [9.17, 15) is 26.3 Å². The van der Waals surface area contributed by atoms with Crippen molar-refractivity contribution in [3.63, 3.8) is 0 Å². The van der Waals surface area contributed by atoms with E-state index in [2.05, 4.69) is 0 Å². The van der Waals surface area contributed by atoms with Crippen molar-refractivity contribution in [2.75, 3.05) is 0 Å². The average molecular weight is 234 g/mol. The Bertz CT molecular complexity index is 121. The van der Waals surface area contributed by atoms with Crippen molar-refractivity contribution in [2.45, 2.75) is 12.7 Å². The van der Waals surface area contributed by atoms with Gasteiger partial charge in [0.1, 0.15) is 0 Å². The first-order chi connectivity index (χ1) is 5.73. The molecule has 0 fully saturated rings. The predicted octanol–water partition coefficient (Wildman–Crippen LogP) is 1.22. The van der Waals surface area contributed by atoms with E-state index in [0.29, 0.717) is 0 Å². The van der Waals surface area contributed by atoms with Crippen LogP contribution in [0, 0.1) is 0 Å². The van der Waals surface area contributed by atoms with E-state index in [-0.39, 0.29) is 0 Å². The fraction of sp³-hybridized carbons (Fsp3) is 0.667. The van der Waals surface area contributed by atoms with Gasteiger partial charge in [-0.1, -0.05) is 0 Å². The van der Waals surface area contributed by atoms with E-state index < -0.39 is 18.9 Å². The van der Waals surface area contributed by atoms with Gasteiger partial charge in [0.2, 0.25) is 0 Å². The molecule has 88 valence electrons. The molecule has 11 heteroatoms. The molecule has 0 atom stereocenters. The van der Waals surface area contributed by atoms with Crippen molar-refractivity contribution in [1.82, 2.24) is 0 Å². The summed E-state index contributed by atoms with van der Waals surface area (Å²) in [7, 11) is 0. The number of carboxylic acid groups (broad SMARTS) is 2. The van der Waals surface area contributed by atoms with Crippen LogP contribution in [0.15, 0.2) is 0 Å². The maximum atomic E-state index is 9.91. The molecule has 5 nitrogen and oxygen atoms in total. The fourth-order valence-electron chi connectivity index (χ4n) is 0. The smallest absolute Gasteiger partial charge is 0.450 e. The molecule has 0 unspecified atom stereocenters. The Labute approximate surface area is 71.8 Å². The molecule has 0 saturated carbocycles. The summed E-state index contributed by atoms with van der Waals surface area (Å²) < 4.78 is 59.5. The highest BCUT2D eigenvalue weighted by Crippen LogP contribution is 2.06. The summed E-state index contributed by atoms with van der Waals surface area (Å²) in [6.07, 6.45) is -11.8. The van der Waals surface area contributed by atoms with E-state index >= 15 is 0 Å². The summed E-state index contributed by atoms with van der Waals surface area (Å²) in [5, 5.41) is 27.0. The van der Waals surface area contributed by atoms with Crippen LogP contribution in [-0.4, -0.2) is 39.3 Å². The molecule has 0 aliphatic heterocycles. The number of aliphatic hydroxyl groups is 2. The van der Waals surface area contributed by atoms with Crippen LogP contribution in [0.2, 0.25) is 0 Å². The Hall–Kier alpha value is -1.23. The van der Waals surface area contributed by atoms with Gasteiger partial charge in [0.25, 0.3) is 0 Å². The minimum atomic E-state index is -5.00. The molecule has 0 heterocycles. The van der Waals surface area contributed by atoms with Crippen LogP contribution in [0.4, 0.5) is 31.1 Å². The second-order valence-electron chi connectivity index (χ2n) is 1.22. The summed E-state index contributed by atoms with van der Waals surface area (Å²) in [5.74, 6) is 0. The van der Waals surface area contributed by atoms with Crippen LogP contribution in [0.5, 0.6) is 0 Å². The molecular formula is C3H4F6O5. The highest BCUT2D eigenvalue weighted by molar-refractivity contribution is 5.53. The zero-order valence-electron chi connectivity index (χ0n) is 5.96. The monoisotopic (exact) mass is 234 g/mol. The van der Waals surface area contributed by atoms with Gasteiger partial charge >= 0.3 is 18.9 Å². The predicted molar refractivity (Wildman–Crippen MR) is 27.2 cm³/mol. The highest BCUT2D eigenvalue weighted by Gasteiger charge is 2.20. The number of rotatable bonds is 0. The minimum Gasteiger partial charge on any atom is -0.450 e. The standard InChI is InChI=1S/2CHF3O.CH2O3/c2*2-1(3,4)5;2-1(3)4/h2*5H;(H2,2,3,4). The number of halogens is 6. The second-order valence-corrected chi connectivity index (χ2v) is 1.22. The molecule has 14 heavy (non-hydrogen) atoms. The lowest BCUT2D eigenvalue weighted by atomic mass is 11.4. The first kappa shape index (κ1) is 18.5. The van der Waals surface area contributed by atoms with Gasteiger partial charge in [0.05, 0.1) is 0 Å². The van der Waals surface area contributed by atoms with E-state index in [0.717, 1.165) is 0 Å². The quantitative estimate of drug-likeness (QED) is 0.472. The van der Waals surface area contributed by atoms with Gasteiger partial charge in [-0.05, 0) is 0 Å². The maximum absolute atomic E-state index is 9.91. The van der Waals surface area contributed by atoms with Gasteiger partial charge in [-0.15, -0.1) is 26.3 Å². The summed E-state index contributed by atoms with van der Waals surface area (Å²) in [6, 6.07) is 0. The average Bonchev–Trinajstić information content (AvgIpc) is 1.45. The molecule has 4 N–H and O–H groups in total. The minimum absolute atomic E-state index is 1.83. The third-order valence-corrected chi connectivity index (χ3v) is 0. The summed E-state index contributed by atoms with van der Waals surface area (Å²) in [4.78, 5) is 8.56. The van der Waals surface area contributed by atoms with Gasteiger partial charge in [-0.25, -0.2) is 4.79 Å². The summed E-state index contributed by atoms with van der Waals surface area (Å²) >= 11 is 0. The lowest BCUT2D eigenvalue weighted by molar-refractivity contribution is -0.296. The topological polar surface area (TPSA) is 98.0 Å². The van der Waals surface area contributed by atoms with Crippen molar-refractivity contribution >= 4 is 6.16 Å². The SMILES string of the molecule is O=C(O)O.OC(F)(F)F.OC(F)(F)F. The van der Waals surface area contributed by atoms with Crippen LogP contribution in [0.1, 0.15) is 0 Å². The molecule has 0 aliphatic rings. The van der Waals surface area contributed by atoms with Crippen molar-refractivity contribution in [1.29, 1.82) is 0 Å².